The second-order valence-electron chi connectivity index (χ2n) is 8.43. The van der Waals surface area contributed by atoms with Crippen LogP contribution in [0.2, 0.25) is 5.02 Å². The molecule has 0 spiro atoms. The number of pyridine rings is 1. The Kier molecular flexibility index (Phi) is 9.00. The first-order valence-electron chi connectivity index (χ1n) is 11.1. The molecule has 0 bridgehead atoms. The molecule has 0 atom stereocenters. The summed E-state index contributed by atoms with van der Waals surface area (Å²) in [5, 5.41) is 0.727. The lowest BCUT2D eigenvalue weighted by Gasteiger charge is -2.32. The van der Waals surface area contributed by atoms with E-state index in [1.54, 1.807) is 6.07 Å². The maximum Gasteiger partial charge on any atom is 0.251 e. The summed E-state index contributed by atoms with van der Waals surface area (Å²) in [6.45, 7) is 6.27. The van der Waals surface area contributed by atoms with Crippen molar-refractivity contribution in [2.45, 2.75) is 49.9 Å². The lowest BCUT2D eigenvalue weighted by molar-refractivity contribution is 0.200. The van der Waals surface area contributed by atoms with Crippen molar-refractivity contribution in [3.63, 3.8) is 0 Å². The third-order valence-corrected chi connectivity index (χ3v) is 9.42. The summed E-state index contributed by atoms with van der Waals surface area (Å²) in [4.78, 5) is 18.0. The Hall–Kier alpha value is -1.68. The largest absolute Gasteiger partial charge is 0.326 e. The van der Waals surface area contributed by atoms with E-state index in [-0.39, 0.29) is 24.0 Å². The van der Waals surface area contributed by atoms with Gasteiger partial charge in [0.2, 0.25) is 10.0 Å². The number of nitrogens with zero attached hydrogens (tertiary/aromatic N) is 1. The van der Waals surface area contributed by atoms with E-state index in [1.165, 1.54) is 16.9 Å². The highest BCUT2D eigenvalue weighted by molar-refractivity contribution is 7.91. The van der Waals surface area contributed by atoms with E-state index in [2.05, 4.69) is 14.6 Å². The van der Waals surface area contributed by atoms with Gasteiger partial charge < -0.3 is 4.98 Å². The number of H-pyrrole nitrogens is 1. The summed E-state index contributed by atoms with van der Waals surface area (Å²) in [5.74, 6) is 0. The molecule has 1 aromatic carbocycles. The molecule has 1 aliphatic heterocycles. The Morgan fingerprint density at radius 1 is 1.15 bits per heavy atom. The van der Waals surface area contributed by atoms with Crippen LogP contribution in [0.4, 0.5) is 0 Å². The van der Waals surface area contributed by atoms with Gasteiger partial charge in [0.05, 0.1) is 0 Å². The first-order chi connectivity index (χ1) is 15.7. The monoisotopic (exact) mass is 541 g/mol. The van der Waals surface area contributed by atoms with Crippen LogP contribution in [0.1, 0.15) is 36.6 Å². The average molecular weight is 543 g/mol. The first-order valence-corrected chi connectivity index (χ1v) is 13.7. The lowest BCUT2D eigenvalue weighted by atomic mass is 10.1. The van der Waals surface area contributed by atoms with E-state index in [0.717, 1.165) is 53.6 Å². The van der Waals surface area contributed by atoms with E-state index in [1.807, 2.05) is 50.2 Å². The number of piperidine rings is 1. The fourth-order valence-corrected chi connectivity index (χ4v) is 6.96. The van der Waals surface area contributed by atoms with E-state index in [4.69, 9.17) is 11.6 Å². The number of hydrogen-bond acceptors (Lipinski definition) is 5. The molecule has 0 radical (unpaired) electrons. The summed E-state index contributed by atoms with van der Waals surface area (Å²) in [6.07, 6.45) is 2.16. The highest BCUT2D eigenvalue weighted by Crippen LogP contribution is 2.32. The number of rotatable bonds is 7. The molecular formula is C24H29Cl2N3O3S2. The molecule has 1 fully saturated rings. The number of sulfonamides is 1. The van der Waals surface area contributed by atoms with Crippen LogP contribution in [0.15, 0.2) is 51.5 Å². The Morgan fingerprint density at radius 3 is 2.47 bits per heavy atom. The summed E-state index contributed by atoms with van der Waals surface area (Å²) in [7, 11) is -3.60. The van der Waals surface area contributed by atoms with Crippen molar-refractivity contribution >= 4 is 45.4 Å². The number of nitrogens with one attached hydrogen (secondary N) is 2. The zero-order valence-corrected chi connectivity index (χ0v) is 22.3. The van der Waals surface area contributed by atoms with E-state index in [0.29, 0.717) is 16.2 Å². The van der Waals surface area contributed by atoms with Crippen LogP contribution in [0.3, 0.4) is 0 Å². The van der Waals surface area contributed by atoms with E-state index < -0.39 is 10.0 Å². The second-order valence-corrected chi connectivity index (χ2v) is 11.9. The summed E-state index contributed by atoms with van der Waals surface area (Å²) in [5.41, 5.74) is 3.41. The number of aromatic nitrogens is 1. The summed E-state index contributed by atoms with van der Waals surface area (Å²) < 4.78 is 29.2. The minimum Gasteiger partial charge on any atom is -0.326 e. The molecule has 3 aromatic rings. The van der Waals surface area contributed by atoms with Crippen LogP contribution >= 0.6 is 35.3 Å². The molecule has 0 amide bonds. The number of benzene rings is 1. The molecule has 184 valence electrons. The van der Waals surface area contributed by atoms with Gasteiger partial charge in [0.25, 0.3) is 5.56 Å². The highest BCUT2D eigenvalue weighted by atomic mass is 35.5. The molecule has 1 saturated heterocycles. The molecule has 2 aromatic heterocycles. The van der Waals surface area contributed by atoms with Gasteiger partial charge in [-0.15, -0.1) is 23.7 Å². The molecule has 10 heteroatoms. The predicted octanol–water partition coefficient (Wildman–Crippen LogP) is 4.99. The predicted molar refractivity (Wildman–Crippen MR) is 142 cm³/mol. The Balaban J connectivity index is 0.00000324. The van der Waals surface area contributed by atoms with Crippen molar-refractivity contribution < 1.29 is 8.42 Å². The smallest absolute Gasteiger partial charge is 0.251 e. The summed E-state index contributed by atoms with van der Waals surface area (Å²) >= 11 is 7.19. The van der Waals surface area contributed by atoms with Crippen LogP contribution < -0.4 is 10.3 Å². The summed E-state index contributed by atoms with van der Waals surface area (Å²) in [6, 6.07) is 13.1. The highest BCUT2D eigenvalue weighted by Gasteiger charge is 2.26. The van der Waals surface area contributed by atoms with Crippen LogP contribution in [-0.2, 0) is 23.0 Å². The normalized spacial score (nSPS) is 15.3. The fraction of sp³-hybridized carbons (Fsp3) is 0.375. The minimum atomic E-state index is -3.60. The van der Waals surface area contributed by atoms with Crippen molar-refractivity contribution in [1.29, 1.82) is 0 Å². The van der Waals surface area contributed by atoms with Crippen LogP contribution in [0, 0.1) is 6.92 Å². The third-order valence-electron chi connectivity index (χ3n) is 6.04. The number of thiophene rings is 1. The van der Waals surface area contributed by atoms with Crippen LogP contribution in [0.25, 0.3) is 10.4 Å². The number of halogens is 2. The van der Waals surface area contributed by atoms with Gasteiger partial charge in [-0.05, 0) is 62.1 Å². The number of aryl methyl sites for hydroxylation is 2. The van der Waals surface area contributed by atoms with Gasteiger partial charge in [-0.3, -0.25) is 9.69 Å². The molecule has 6 nitrogen and oxygen atoms in total. The van der Waals surface area contributed by atoms with Gasteiger partial charge in [0.15, 0.2) is 0 Å². The van der Waals surface area contributed by atoms with Crippen molar-refractivity contribution in [1.82, 2.24) is 14.6 Å². The molecule has 0 unspecified atom stereocenters. The van der Waals surface area contributed by atoms with E-state index in [9.17, 15) is 13.2 Å². The molecule has 34 heavy (non-hydrogen) atoms. The van der Waals surface area contributed by atoms with Crippen molar-refractivity contribution in [3.8, 4) is 10.4 Å². The van der Waals surface area contributed by atoms with E-state index >= 15 is 0 Å². The molecule has 4 rings (SSSR count). The number of hydrogen-bond donors (Lipinski definition) is 2. The Morgan fingerprint density at radius 2 is 1.82 bits per heavy atom. The maximum absolute atomic E-state index is 13.0. The van der Waals surface area contributed by atoms with Gasteiger partial charge in [0, 0.05) is 52.4 Å². The number of aromatic amines is 1. The van der Waals surface area contributed by atoms with Crippen molar-refractivity contribution in [2.75, 3.05) is 13.1 Å². The molecule has 2 N–H and O–H groups in total. The standard InChI is InChI=1S/C24H28ClN3O3S2.ClH/c1-3-18-14-21(16(2)26-24(18)29)22-8-9-23(32-22)33(30,31)27-20-10-12-28(13-11-20)15-17-4-6-19(25)7-5-17;/h4-9,14,20,27H,3,10-13,15H2,1-2H3,(H,26,29);1H. The first kappa shape index (κ1) is 26.9. The molecule has 3 heterocycles. The van der Waals surface area contributed by atoms with Crippen molar-refractivity contribution in [2.24, 2.45) is 0 Å². The van der Waals surface area contributed by atoms with Gasteiger partial charge >= 0.3 is 0 Å². The third kappa shape index (κ3) is 6.30. The second kappa shape index (κ2) is 11.4. The fourth-order valence-electron chi connectivity index (χ4n) is 4.13. The van der Waals surface area contributed by atoms with Crippen molar-refractivity contribution in [3.05, 3.63) is 74.7 Å². The van der Waals surface area contributed by atoms with Gasteiger partial charge in [-0.1, -0.05) is 30.7 Å². The Bertz CT molecular complexity index is 1280. The number of likely N-dealkylation sites (tertiary alicyclic amines) is 1. The van der Waals surface area contributed by atoms with Crippen LogP contribution in [0.5, 0.6) is 0 Å². The van der Waals surface area contributed by atoms with Crippen LogP contribution in [-0.4, -0.2) is 37.4 Å². The molecule has 1 aliphatic rings. The lowest BCUT2D eigenvalue weighted by Crippen LogP contribution is -2.44. The zero-order valence-electron chi connectivity index (χ0n) is 19.1. The quantitative estimate of drug-likeness (QED) is 0.441. The maximum atomic E-state index is 13.0. The van der Waals surface area contributed by atoms with Gasteiger partial charge in [-0.25, -0.2) is 13.1 Å². The molecular weight excluding hydrogens is 513 g/mol. The van der Waals surface area contributed by atoms with Gasteiger partial charge in [-0.2, -0.15) is 0 Å². The zero-order chi connectivity index (χ0) is 23.6. The topological polar surface area (TPSA) is 82.3 Å². The minimum absolute atomic E-state index is 0. The average Bonchev–Trinajstić information content (AvgIpc) is 3.28. The SMILES string of the molecule is CCc1cc(-c2ccc(S(=O)(=O)NC3CCN(Cc4ccc(Cl)cc4)CC3)s2)c(C)[nH]c1=O.Cl. The Labute approximate surface area is 215 Å². The van der Waals surface area contributed by atoms with Gasteiger partial charge in [0.1, 0.15) is 4.21 Å². The molecule has 0 saturated carbocycles. The molecule has 0 aliphatic carbocycles.